The van der Waals surface area contributed by atoms with Crippen LogP contribution in [0.15, 0.2) is 65.6 Å². The number of halogens is 1. The van der Waals surface area contributed by atoms with Crippen molar-refractivity contribution in [1.29, 1.82) is 0 Å². The van der Waals surface area contributed by atoms with E-state index in [1.54, 1.807) is 22.9 Å². The summed E-state index contributed by atoms with van der Waals surface area (Å²) in [5.74, 6) is 0.113. The maximum atomic E-state index is 14.1. The summed E-state index contributed by atoms with van der Waals surface area (Å²) in [6.45, 7) is 3.54. The van der Waals surface area contributed by atoms with Crippen molar-refractivity contribution in [2.24, 2.45) is 17.4 Å². The largest absolute Gasteiger partial charge is 0.405 e. The molecule has 0 spiro atoms. The first-order chi connectivity index (χ1) is 18.5. The monoisotopic (exact) mass is 520 g/mol. The Kier molecular flexibility index (Phi) is 7.54. The summed E-state index contributed by atoms with van der Waals surface area (Å²) in [5, 5.41) is 0. The first kappa shape index (κ1) is 25.7. The van der Waals surface area contributed by atoms with Gasteiger partial charge in [0.25, 0.3) is 0 Å². The van der Waals surface area contributed by atoms with Gasteiger partial charge < -0.3 is 16.4 Å². The molecule has 0 aliphatic carbocycles. The number of hydrogen-bond acceptors (Lipinski definition) is 7. The Morgan fingerprint density at radius 3 is 2.47 bits per heavy atom. The van der Waals surface area contributed by atoms with Crippen molar-refractivity contribution in [3.63, 3.8) is 0 Å². The molecule has 2 aliphatic heterocycles. The topological polar surface area (TPSA) is 128 Å². The van der Waals surface area contributed by atoms with Gasteiger partial charge in [0.05, 0.1) is 17.2 Å². The Labute approximate surface area is 220 Å². The minimum atomic E-state index is -0.426. The summed E-state index contributed by atoms with van der Waals surface area (Å²) in [7, 11) is 0. The van der Waals surface area contributed by atoms with E-state index in [0.717, 1.165) is 38.0 Å². The molecule has 38 heavy (non-hydrogen) atoms. The Balaban J connectivity index is 1.26. The Hall–Kier alpha value is -3.99. The van der Waals surface area contributed by atoms with Gasteiger partial charge >= 0.3 is 5.69 Å². The van der Waals surface area contributed by atoms with E-state index < -0.39 is 5.82 Å². The molecule has 2 saturated heterocycles. The number of likely N-dealkylation sites (tertiary alicyclic amines) is 2. The van der Waals surface area contributed by atoms with Gasteiger partial charge in [-0.15, -0.1) is 0 Å². The summed E-state index contributed by atoms with van der Waals surface area (Å²) >= 11 is 0. The second kappa shape index (κ2) is 11.2. The first-order valence-electron chi connectivity index (χ1n) is 13.0. The average Bonchev–Trinajstić information content (AvgIpc) is 3.24. The molecule has 4 N–H and O–H groups in total. The van der Waals surface area contributed by atoms with Crippen LogP contribution in [0.5, 0.6) is 0 Å². The van der Waals surface area contributed by atoms with Crippen molar-refractivity contribution in [2.45, 2.75) is 31.7 Å². The van der Waals surface area contributed by atoms with E-state index in [9.17, 15) is 14.0 Å². The zero-order chi connectivity index (χ0) is 26.6. The lowest BCUT2D eigenvalue weighted by Gasteiger charge is -2.37. The second-order valence-corrected chi connectivity index (χ2v) is 9.89. The van der Waals surface area contributed by atoms with E-state index in [-0.39, 0.29) is 23.6 Å². The van der Waals surface area contributed by atoms with E-state index >= 15 is 0 Å². The fourth-order valence-corrected chi connectivity index (χ4v) is 5.66. The van der Waals surface area contributed by atoms with Crippen molar-refractivity contribution in [1.82, 2.24) is 28.9 Å². The van der Waals surface area contributed by atoms with Gasteiger partial charge in [0, 0.05) is 50.1 Å². The fourth-order valence-electron chi connectivity index (χ4n) is 5.66. The highest BCUT2D eigenvalue weighted by molar-refractivity contribution is 5.79. The molecule has 2 aromatic heterocycles. The molecule has 0 unspecified atom stereocenters. The lowest BCUT2D eigenvalue weighted by atomic mass is 9.93. The normalized spacial score (nSPS) is 18.6. The van der Waals surface area contributed by atoms with Gasteiger partial charge in [0.1, 0.15) is 5.82 Å². The number of benzene rings is 1. The van der Waals surface area contributed by atoms with Gasteiger partial charge in [-0.3, -0.25) is 19.2 Å². The van der Waals surface area contributed by atoms with Gasteiger partial charge in [0.15, 0.2) is 5.82 Å². The minimum Gasteiger partial charge on any atom is -0.405 e. The van der Waals surface area contributed by atoms with E-state index in [1.807, 2.05) is 4.90 Å². The number of amides is 1. The van der Waals surface area contributed by atoms with Crippen LogP contribution < -0.4 is 17.2 Å². The quantitative estimate of drug-likeness (QED) is 0.475. The average molecular weight is 521 g/mol. The maximum Gasteiger partial charge on any atom is 0.335 e. The van der Waals surface area contributed by atoms with Gasteiger partial charge in [0.2, 0.25) is 5.91 Å². The second-order valence-electron chi connectivity index (χ2n) is 9.89. The molecule has 2 aliphatic rings. The number of hydrogen-bond donors (Lipinski definition) is 2. The molecular formula is C27H33FN8O2. The lowest BCUT2D eigenvalue weighted by Crippen LogP contribution is -2.46. The first-order valence-corrected chi connectivity index (χ1v) is 13.0. The minimum absolute atomic E-state index is 0.00224. The zero-order valence-electron chi connectivity index (χ0n) is 21.2. The van der Waals surface area contributed by atoms with Crippen molar-refractivity contribution in [2.75, 3.05) is 32.7 Å². The number of aromatic nitrogens is 4. The number of nitrogens with zero attached hydrogens (tertiary/aromatic N) is 6. The molecule has 11 heteroatoms. The molecule has 4 heterocycles. The van der Waals surface area contributed by atoms with E-state index in [0.29, 0.717) is 42.8 Å². The van der Waals surface area contributed by atoms with Crippen LogP contribution in [-0.2, 0) is 4.79 Å². The Bertz CT molecular complexity index is 1400. The molecule has 1 aromatic carbocycles. The number of fused-ring (bicyclic) bond motifs is 1. The number of rotatable bonds is 6. The van der Waals surface area contributed by atoms with Crippen LogP contribution in [-0.4, -0.2) is 67.5 Å². The van der Waals surface area contributed by atoms with Gasteiger partial charge in [-0.1, -0.05) is 0 Å². The summed E-state index contributed by atoms with van der Waals surface area (Å²) in [6, 6.07) is 4.25. The van der Waals surface area contributed by atoms with E-state index in [4.69, 9.17) is 11.5 Å². The van der Waals surface area contributed by atoms with Crippen molar-refractivity contribution in [3.8, 4) is 5.82 Å². The molecule has 0 radical (unpaired) electrons. The molecule has 200 valence electrons. The molecule has 0 saturated carbocycles. The summed E-state index contributed by atoms with van der Waals surface area (Å²) < 4.78 is 17.3. The predicted molar refractivity (Wildman–Crippen MR) is 143 cm³/mol. The lowest BCUT2D eigenvalue weighted by molar-refractivity contribution is -0.138. The van der Waals surface area contributed by atoms with Crippen molar-refractivity contribution >= 4 is 16.9 Å². The molecule has 10 nitrogen and oxygen atoms in total. The number of piperidine rings is 2. The van der Waals surface area contributed by atoms with Gasteiger partial charge in [-0.2, -0.15) is 0 Å². The van der Waals surface area contributed by atoms with E-state index in [1.165, 1.54) is 41.5 Å². The highest BCUT2D eigenvalue weighted by atomic mass is 19.1. The molecule has 2 fully saturated rings. The van der Waals surface area contributed by atoms with Gasteiger partial charge in [-0.25, -0.2) is 18.7 Å². The zero-order valence-corrected chi connectivity index (χ0v) is 21.2. The third-order valence-electron chi connectivity index (χ3n) is 7.62. The van der Waals surface area contributed by atoms with Crippen LogP contribution in [0.2, 0.25) is 0 Å². The van der Waals surface area contributed by atoms with Crippen LogP contribution in [0.25, 0.3) is 16.9 Å². The van der Waals surface area contributed by atoms with Crippen molar-refractivity contribution in [3.05, 3.63) is 77.1 Å². The third-order valence-corrected chi connectivity index (χ3v) is 7.62. The standard InChI is InChI=1S/C27H33FN8O2/c28-21-1-2-23-24(15-21)36(25-17-31-9-10-32-25)27(38)35(23)22-6-13-34(14-7-22)26(37)20-4-11-33(12-5-20)18-19(16-30)3-8-29/h1-3,8-10,15-17,20,22H,4-7,11-14,18,29-30H2/b8-3-,19-16+. The molecule has 5 rings (SSSR count). The van der Waals surface area contributed by atoms with Gasteiger partial charge in [-0.05, 0) is 75.0 Å². The SMILES string of the molecule is N/C=C\C(=C/N)CN1CCC(C(=O)N2CCC(n3c(=O)n(-c4cnccn4)c4cc(F)ccc43)CC2)CC1. The van der Waals surface area contributed by atoms with Crippen LogP contribution >= 0.6 is 0 Å². The maximum absolute atomic E-state index is 14.1. The third kappa shape index (κ3) is 5.06. The number of carbonyl (C=O) groups is 1. The van der Waals surface area contributed by atoms with Crippen LogP contribution in [0, 0.1) is 11.7 Å². The molecule has 0 bridgehead atoms. The Morgan fingerprint density at radius 2 is 1.82 bits per heavy atom. The number of nitrogens with two attached hydrogens (primary N) is 2. The highest BCUT2D eigenvalue weighted by Crippen LogP contribution is 2.29. The molecule has 0 atom stereocenters. The fraction of sp³-hybridized carbons (Fsp3) is 0.407. The molecular weight excluding hydrogens is 487 g/mol. The summed E-state index contributed by atoms with van der Waals surface area (Å²) in [4.78, 5) is 39.4. The predicted octanol–water partition coefficient (Wildman–Crippen LogP) is 1.91. The molecule has 3 aromatic rings. The van der Waals surface area contributed by atoms with Crippen LogP contribution in [0.4, 0.5) is 4.39 Å². The van der Waals surface area contributed by atoms with E-state index in [2.05, 4.69) is 14.9 Å². The summed E-state index contributed by atoms with van der Waals surface area (Å²) in [5.41, 5.74) is 12.9. The van der Waals surface area contributed by atoms with Crippen LogP contribution in [0.3, 0.4) is 0 Å². The van der Waals surface area contributed by atoms with Crippen molar-refractivity contribution < 1.29 is 9.18 Å². The smallest absolute Gasteiger partial charge is 0.335 e. The summed E-state index contributed by atoms with van der Waals surface area (Å²) in [6.07, 6.45) is 12.3. The van der Waals surface area contributed by atoms with Crippen LogP contribution in [0.1, 0.15) is 31.7 Å². The number of imidazole rings is 1. The number of carbonyl (C=O) groups excluding carboxylic acids is 1. The highest BCUT2D eigenvalue weighted by Gasteiger charge is 2.32. The Morgan fingerprint density at radius 1 is 1.05 bits per heavy atom. The molecule has 1 amide bonds.